The molecule has 0 saturated heterocycles. The smallest absolute Gasteiger partial charge is 0.352 e. The molecule has 9 heteroatoms. The molecule has 0 fully saturated rings. The van der Waals surface area contributed by atoms with Gasteiger partial charge in [0.05, 0.1) is 5.56 Å². The minimum atomic E-state index is -4.45. The Balaban J connectivity index is 1.98. The van der Waals surface area contributed by atoms with Gasteiger partial charge in [0.1, 0.15) is 6.54 Å². The molecular formula is C17H22F3N5O. The van der Waals surface area contributed by atoms with Crippen LogP contribution < -0.4 is 5.32 Å². The van der Waals surface area contributed by atoms with E-state index in [1.807, 2.05) is 6.92 Å². The lowest BCUT2D eigenvalue weighted by Gasteiger charge is -2.14. The highest BCUT2D eigenvalue weighted by Gasteiger charge is 2.30. The molecule has 0 aliphatic carbocycles. The third-order valence-corrected chi connectivity index (χ3v) is 3.77. The molecule has 1 amide bonds. The van der Waals surface area contributed by atoms with Crippen LogP contribution in [0.1, 0.15) is 39.2 Å². The largest absolute Gasteiger partial charge is 0.416 e. The van der Waals surface area contributed by atoms with Crippen molar-refractivity contribution in [2.24, 2.45) is 5.92 Å². The Bertz CT molecular complexity index is 742. The van der Waals surface area contributed by atoms with E-state index in [0.29, 0.717) is 5.92 Å². The summed E-state index contributed by atoms with van der Waals surface area (Å²) in [6, 6.07) is 4.69. The van der Waals surface area contributed by atoms with Gasteiger partial charge in [0, 0.05) is 11.6 Å². The van der Waals surface area contributed by atoms with E-state index in [4.69, 9.17) is 0 Å². The van der Waals surface area contributed by atoms with E-state index >= 15 is 0 Å². The van der Waals surface area contributed by atoms with Crippen LogP contribution in [0.15, 0.2) is 24.3 Å². The molecule has 1 atom stereocenters. The molecule has 0 aliphatic heterocycles. The second-order valence-corrected chi connectivity index (χ2v) is 6.66. The van der Waals surface area contributed by atoms with Crippen molar-refractivity contribution >= 4 is 5.91 Å². The highest BCUT2D eigenvalue weighted by Crippen LogP contribution is 2.31. The van der Waals surface area contributed by atoms with Gasteiger partial charge in [-0.05, 0) is 43.0 Å². The molecule has 1 aromatic heterocycles. The van der Waals surface area contributed by atoms with E-state index in [-0.39, 0.29) is 29.9 Å². The van der Waals surface area contributed by atoms with E-state index < -0.39 is 11.7 Å². The topological polar surface area (TPSA) is 72.7 Å². The van der Waals surface area contributed by atoms with E-state index in [2.05, 4.69) is 34.6 Å². The molecule has 1 aromatic carbocycles. The predicted molar refractivity (Wildman–Crippen MR) is 89.9 cm³/mol. The van der Waals surface area contributed by atoms with Crippen LogP contribution in [0.5, 0.6) is 0 Å². The summed E-state index contributed by atoms with van der Waals surface area (Å²) in [7, 11) is 0. The van der Waals surface area contributed by atoms with Crippen LogP contribution in [-0.4, -0.2) is 32.2 Å². The van der Waals surface area contributed by atoms with Gasteiger partial charge in [0.15, 0.2) is 0 Å². The van der Waals surface area contributed by atoms with Gasteiger partial charge < -0.3 is 5.32 Å². The van der Waals surface area contributed by atoms with Crippen LogP contribution in [0, 0.1) is 5.92 Å². The molecule has 0 bridgehead atoms. The zero-order valence-corrected chi connectivity index (χ0v) is 14.9. The van der Waals surface area contributed by atoms with Crippen molar-refractivity contribution in [3.05, 3.63) is 29.8 Å². The van der Waals surface area contributed by atoms with Crippen molar-refractivity contribution in [3.63, 3.8) is 0 Å². The van der Waals surface area contributed by atoms with Crippen molar-refractivity contribution in [3.8, 4) is 11.4 Å². The number of nitrogens with one attached hydrogen (secondary N) is 1. The standard InChI is InChI=1S/C17H22F3N5O/c1-11(2)7-8-12(3)21-15(26)10-25-23-16(22-24-25)13-5-4-6-14(9-13)17(18,19)20/h4-6,9,11-12H,7-8,10H2,1-3H3,(H,21,26)/t12-/m0/s1. The van der Waals surface area contributed by atoms with Gasteiger partial charge in [-0.15, -0.1) is 10.2 Å². The predicted octanol–water partition coefficient (Wildman–Crippen LogP) is 3.30. The van der Waals surface area contributed by atoms with Crippen molar-refractivity contribution in [1.82, 2.24) is 25.5 Å². The number of hydrogen-bond donors (Lipinski definition) is 1. The average molecular weight is 369 g/mol. The molecule has 0 unspecified atom stereocenters. The van der Waals surface area contributed by atoms with Gasteiger partial charge >= 0.3 is 6.18 Å². The third-order valence-electron chi connectivity index (χ3n) is 3.77. The number of carbonyl (C=O) groups excluding carboxylic acids is 1. The van der Waals surface area contributed by atoms with Gasteiger partial charge in [-0.2, -0.15) is 18.0 Å². The van der Waals surface area contributed by atoms with Crippen LogP contribution in [0.3, 0.4) is 0 Å². The van der Waals surface area contributed by atoms with E-state index in [1.54, 1.807) is 0 Å². The number of hydrogen-bond acceptors (Lipinski definition) is 4. The Morgan fingerprint density at radius 3 is 2.62 bits per heavy atom. The first-order valence-corrected chi connectivity index (χ1v) is 8.40. The third kappa shape index (κ3) is 5.82. The number of amides is 1. The van der Waals surface area contributed by atoms with Crippen molar-refractivity contribution < 1.29 is 18.0 Å². The summed E-state index contributed by atoms with van der Waals surface area (Å²) in [5.74, 6) is 0.326. The molecule has 1 heterocycles. The lowest BCUT2D eigenvalue weighted by molar-refractivity contribution is -0.137. The van der Waals surface area contributed by atoms with E-state index in [0.717, 1.165) is 29.8 Å². The van der Waals surface area contributed by atoms with Crippen LogP contribution in [-0.2, 0) is 17.5 Å². The summed E-state index contributed by atoms with van der Waals surface area (Å²) in [6.45, 7) is 6.01. The first-order valence-electron chi connectivity index (χ1n) is 8.40. The molecule has 2 rings (SSSR count). The lowest BCUT2D eigenvalue weighted by Crippen LogP contribution is -2.35. The highest BCUT2D eigenvalue weighted by atomic mass is 19.4. The summed E-state index contributed by atoms with van der Waals surface area (Å²) in [6.07, 6.45) is -2.58. The zero-order chi connectivity index (χ0) is 19.3. The molecule has 6 nitrogen and oxygen atoms in total. The Morgan fingerprint density at radius 2 is 1.96 bits per heavy atom. The maximum absolute atomic E-state index is 12.8. The zero-order valence-electron chi connectivity index (χ0n) is 14.9. The summed E-state index contributed by atoms with van der Waals surface area (Å²) < 4.78 is 38.3. The van der Waals surface area contributed by atoms with Gasteiger partial charge in [-0.25, -0.2) is 0 Å². The molecule has 26 heavy (non-hydrogen) atoms. The fourth-order valence-electron chi connectivity index (χ4n) is 2.36. The second-order valence-electron chi connectivity index (χ2n) is 6.66. The quantitative estimate of drug-likeness (QED) is 0.813. The number of halogens is 3. The monoisotopic (exact) mass is 369 g/mol. The molecule has 1 N–H and O–H groups in total. The fraction of sp³-hybridized carbons (Fsp3) is 0.529. The van der Waals surface area contributed by atoms with Crippen LogP contribution in [0.25, 0.3) is 11.4 Å². The van der Waals surface area contributed by atoms with Crippen LogP contribution >= 0.6 is 0 Å². The molecule has 0 spiro atoms. The fourth-order valence-corrected chi connectivity index (χ4v) is 2.36. The Kier molecular flexibility index (Phi) is 6.33. The Hall–Kier alpha value is -2.45. The summed E-state index contributed by atoms with van der Waals surface area (Å²) in [5.41, 5.74) is -0.597. The van der Waals surface area contributed by atoms with Crippen LogP contribution in [0.2, 0.25) is 0 Å². The minimum Gasteiger partial charge on any atom is -0.352 e. The molecule has 2 aromatic rings. The number of nitrogens with zero attached hydrogens (tertiary/aromatic N) is 4. The number of alkyl halides is 3. The first-order chi connectivity index (χ1) is 12.1. The summed E-state index contributed by atoms with van der Waals surface area (Å²) in [5, 5.41) is 14.3. The van der Waals surface area contributed by atoms with Gasteiger partial charge in [-0.3, -0.25) is 4.79 Å². The van der Waals surface area contributed by atoms with Crippen molar-refractivity contribution in [2.45, 2.75) is 52.4 Å². The van der Waals surface area contributed by atoms with Gasteiger partial charge in [0.25, 0.3) is 0 Å². The lowest BCUT2D eigenvalue weighted by atomic mass is 10.0. The number of benzene rings is 1. The molecular weight excluding hydrogens is 347 g/mol. The maximum atomic E-state index is 12.8. The summed E-state index contributed by atoms with van der Waals surface area (Å²) >= 11 is 0. The number of tetrazole rings is 1. The number of aromatic nitrogens is 4. The Labute approximate surface area is 149 Å². The summed E-state index contributed by atoms with van der Waals surface area (Å²) in [4.78, 5) is 13.1. The normalized spacial score (nSPS) is 13.0. The Morgan fingerprint density at radius 1 is 1.23 bits per heavy atom. The molecule has 142 valence electrons. The van der Waals surface area contributed by atoms with E-state index in [1.165, 1.54) is 12.1 Å². The first kappa shape index (κ1) is 19.9. The van der Waals surface area contributed by atoms with Gasteiger partial charge in [-0.1, -0.05) is 26.0 Å². The van der Waals surface area contributed by atoms with Crippen molar-refractivity contribution in [2.75, 3.05) is 0 Å². The molecule has 0 radical (unpaired) electrons. The van der Waals surface area contributed by atoms with Crippen LogP contribution in [0.4, 0.5) is 13.2 Å². The minimum absolute atomic E-state index is 0.0244. The maximum Gasteiger partial charge on any atom is 0.416 e. The average Bonchev–Trinajstić information content (AvgIpc) is 3.00. The highest BCUT2D eigenvalue weighted by molar-refractivity contribution is 5.75. The van der Waals surface area contributed by atoms with Gasteiger partial charge in [0.2, 0.25) is 11.7 Å². The van der Waals surface area contributed by atoms with E-state index in [9.17, 15) is 18.0 Å². The number of carbonyl (C=O) groups is 1. The van der Waals surface area contributed by atoms with Crippen molar-refractivity contribution in [1.29, 1.82) is 0 Å². The molecule has 0 saturated carbocycles. The SMILES string of the molecule is CC(C)CC[C@H](C)NC(=O)Cn1nnc(-c2cccc(C(F)(F)F)c2)n1. The molecule has 0 aliphatic rings. The second kappa shape index (κ2) is 8.29. The number of rotatable bonds is 7.